The number of benzene rings is 1. The van der Waals surface area contributed by atoms with Crippen LogP contribution < -0.4 is 20.5 Å². The molecule has 0 aromatic heterocycles. The summed E-state index contributed by atoms with van der Waals surface area (Å²) in [6.07, 6.45) is 2.87. The predicted molar refractivity (Wildman–Crippen MR) is 99.7 cm³/mol. The minimum atomic E-state index is -3.57. The van der Waals surface area contributed by atoms with Crippen molar-refractivity contribution in [1.29, 1.82) is 0 Å². The van der Waals surface area contributed by atoms with Crippen molar-refractivity contribution in [3.05, 3.63) is 18.2 Å². The van der Waals surface area contributed by atoms with E-state index in [4.69, 9.17) is 15.2 Å². The largest absolute Gasteiger partial charge is 0.490 e. The van der Waals surface area contributed by atoms with Crippen LogP contribution in [-0.4, -0.2) is 45.9 Å². The highest BCUT2D eigenvalue weighted by Gasteiger charge is 2.28. The second-order valence-electron chi connectivity index (χ2n) is 6.53. The van der Waals surface area contributed by atoms with Gasteiger partial charge in [0.2, 0.25) is 5.91 Å². The average molecular weight is 405 g/mol. The molecule has 3 N–H and O–H groups in total. The molecule has 1 aromatic carbocycles. The molecule has 1 amide bonds. The van der Waals surface area contributed by atoms with Gasteiger partial charge >= 0.3 is 0 Å². The number of carbonyl (C=O) groups is 1. The van der Waals surface area contributed by atoms with E-state index in [0.29, 0.717) is 37.2 Å². The van der Waals surface area contributed by atoms with Crippen LogP contribution in [0.25, 0.3) is 0 Å². The van der Waals surface area contributed by atoms with E-state index in [1.54, 1.807) is 6.07 Å². The number of amides is 1. The standard InChI is InChI=1S/C17H24N2O5S.ClH/c18-14(12-2-3-12)11-19-17(20)6-9-25(21,22)13-4-5-15-16(10-13)24-8-1-7-23-15;/h4-5,10,12,14H,1-3,6-9,11,18H2,(H,19,20);1H. The summed E-state index contributed by atoms with van der Waals surface area (Å²) in [6, 6.07) is 4.52. The molecule has 1 heterocycles. The van der Waals surface area contributed by atoms with Crippen molar-refractivity contribution >= 4 is 28.2 Å². The van der Waals surface area contributed by atoms with Crippen LogP contribution in [0.1, 0.15) is 25.7 Å². The second kappa shape index (κ2) is 8.92. The van der Waals surface area contributed by atoms with Gasteiger partial charge in [0.1, 0.15) is 0 Å². The Hall–Kier alpha value is -1.51. The van der Waals surface area contributed by atoms with Crippen LogP contribution in [0.2, 0.25) is 0 Å². The van der Waals surface area contributed by atoms with Crippen LogP contribution in [0.3, 0.4) is 0 Å². The third kappa shape index (κ3) is 5.49. The summed E-state index contributed by atoms with van der Waals surface area (Å²) < 4.78 is 35.9. The van der Waals surface area contributed by atoms with E-state index in [1.807, 2.05) is 0 Å². The Balaban J connectivity index is 0.00000243. The summed E-state index contributed by atoms with van der Waals surface area (Å²) in [5, 5.41) is 2.71. The van der Waals surface area contributed by atoms with Gasteiger partial charge in [-0.25, -0.2) is 8.42 Å². The van der Waals surface area contributed by atoms with E-state index < -0.39 is 9.84 Å². The lowest BCUT2D eigenvalue weighted by atomic mass is 10.2. The first-order chi connectivity index (χ1) is 12.0. The molecule has 1 aromatic rings. The van der Waals surface area contributed by atoms with Crippen molar-refractivity contribution in [1.82, 2.24) is 5.32 Å². The first-order valence-corrected chi connectivity index (χ1v) is 10.3. The van der Waals surface area contributed by atoms with Gasteiger partial charge in [0.15, 0.2) is 21.3 Å². The molecule has 26 heavy (non-hydrogen) atoms. The molecule has 1 saturated carbocycles. The van der Waals surface area contributed by atoms with Gasteiger partial charge in [0.05, 0.1) is 23.9 Å². The first kappa shape index (κ1) is 20.8. The molecule has 0 radical (unpaired) electrons. The molecular formula is C17H25ClN2O5S. The highest BCUT2D eigenvalue weighted by molar-refractivity contribution is 7.91. The van der Waals surface area contributed by atoms with Gasteiger partial charge < -0.3 is 20.5 Å². The molecule has 1 atom stereocenters. The molecule has 3 rings (SSSR count). The zero-order valence-corrected chi connectivity index (χ0v) is 16.1. The van der Waals surface area contributed by atoms with Crippen LogP contribution in [0, 0.1) is 5.92 Å². The highest BCUT2D eigenvalue weighted by Crippen LogP contribution is 2.32. The molecule has 1 unspecified atom stereocenters. The van der Waals surface area contributed by atoms with Crippen molar-refractivity contribution < 1.29 is 22.7 Å². The van der Waals surface area contributed by atoms with Crippen LogP contribution in [0.15, 0.2) is 23.1 Å². The van der Waals surface area contributed by atoms with Crippen molar-refractivity contribution in [3.63, 3.8) is 0 Å². The molecule has 0 bridgehead atoms. The SMILES string of the molecule is Cl.NC(CNC(=O)CCS(=O)(=O)c1ccc2c(c1)OCCCO2)C1CC1. The molecule has 146 valence electrons. The van der Waals surface area contributed by atoms with Crippen LogP contribution >= 0.6 is 12.4 Å². The van der Waals surface area contributed by atoms with Gasteiger partial charge in [-0.2, -0.15) is 0 Å². The number of carbonyl (C=O) groups excluding carboxylic acids is 1. The van der Waals surface area contributed by atoms with E-state index in [-0.39, 0.29) is 41.4 Å². The summed E-state index contributed by atoms with van der Waals surface area (Å²) in [4.78, 5) is 12.0. The second-order valence-corrected chi connectivity index (χ2v) is 8.64. The smallest absolute Gasteiger partial charge is 0.221 e. The lowest BCUT2D eigenvalue weighted by Crippen LogP contribution is -2.39. The predicted octanol–water partition coefficient (Wildman–Crippen LogP) is 1.29. The van der Waals surface area contributed by atoms with Crippen LogP contribution in [-0.2, 0) is 14.6 Å². The van der Waals surface area contributed by atoms with Crippen molar-refractivity contribution in [3.8, 4) is 11.5 Å². The molecule has 0 spiro atoms. The number of ether oxygens (including phenoxy) is 2. The maximum atomic E-state index is 12.5. The Bertz CT molecular complexity index is 737. The number of nitrogens with two attached hydrogens (primary N) is 1. The van der Waals surface area contributed by atoms with Gasteiger partial charge in [-0.05, 0) is 30.9 Å². The van der Waals surface area contributed by atoms with Crippen LogP contribution in [0.4, 0.5) is 0 Å². The van der Waals surface area contributed by atoms with E-state index in [1.165, 1.54) is 12.1 Å². The fourth-order valence-corrected chi connectivity index (χ4v) is 3.94. The Labute approximate surface area is 159 Å². The van der Waals surface area contributed by atoms with E-state index >= 15 is 0 Å². The Morgan fingerprint density at radius 2 is 1.92 bits per heavy atom. The summed E-state index contributed by atoms with van der Waals surface area (Å²) in [7, 11) is -3.57. The van der Waals surface area contributed by atoms with Gasteiger partial charge in [-0.1, -0.05) is 0 Å². The first-order valence-electron chi connectivity index (χ1n) is 8.60. The third-order valence-electron chi connectivity index (χ3n) is 4.44. The number of hydrogen-bond acceptors (Lipinski definition) is 6. The monoisotopic (exact) mass is 404 g/mol. The van der Waals surface area contributed by atoms with Gasteiger partial charge in [-0.3, -0.25) is 4.79 Å². The fourth-order valence-electron chi connectivity index (χ4n) is 2.69. The molecule has 2 aliphatic rings. The molecule has 1 aliphatic heterocycles. The van der Waals surface area contributed by atoms with Crippen molar-refractivity contribution in [2.24, 2.45) is 11.7 Å². The zero-order chi connectivity index (χ0) is 17.9. The topological polar surface area (TPSA) is 108 Å². The van der Waals surface area contributed by atoms with E-state index in [9.17, 15) is 13.2 Å². The lowest BCUT2D eigenvalue weighted by molar-refractivity contribution is -0.120. The number of rotatable bonds is 7. The minimum absolute atomic E-state index is 0. The number of hydrogen-bond donors (Lipinski definition) is 2. The third-order valence-corrected chi connectivity index (χ3v) is 6.15. The molecule has 1 fully saturated rings. The van der Waals surface area contributed by atoms with E-state index in [0.717, 1.165) is 19.3 Å². The highest BCUT2D eigenvalue weighted by atomic mass is 35.5. The van der Waals surface area contributed by atoms with Gasteiger partial charge in [-0.15, -0.1) is 12.4 Å². The Morgan fingerprint density at radius 3 is 2.62 bits per heavy atom. The van der Waals surface area contributed by atoms with Crippen molar-refractivity contribution in [2.75, 3.05) is 25.5 Å². The Kier molecular flexibility index (Phi) is 7.14. The average Bonchev–Trinajstić information content (AvgIpc) is 3.43. The van der Waals surface area contributed by atoms with Gasteiger partial charge in [0, 0.05) is 31.5 Å². The normalized spacial score (nSPS) is 17.6. The van der Waals surface area contributed by atoms with Gasteiger partial charge in [0.25, 0.3) is 0 Å². The quantitative estimate of drug-likeness (QED) is 0.708. The van der Waals surface area contributed by atoms with Crippen LogP contribution in [0.5, 0.6) is 11.5 Å². The molecule has 1 aliphatic carbocycles. The maximum Gasteiger partial charge on any atom is 0.221 e. The van der Waals surface area contributed by atoms with Crippen molar-refractivity contribution in [2.45, 2.75) is 36.6 Å². The number of nitrogens with one attached hydrogen (secondary N) is 1. The zero-order valence-electron chi connectivity index (χ0n) is 14.5. The molecule has 9 heteroatoms. The number of halogens is 1. The molecule has 0 saturated heterocycles. The summed E-state index contributed by atoms with van der Waals surface area (Å²) in [5.41, 5.74) is 5.92. The number of sulfone groups is 1. The van der Waals surface area contributed by atoms with E-state index in [2.05, 4.69) is 5.32 Å². The Morgan fingerprint density at radius 1 is 1.23 bits per heavy atom. The lowest BCUT2D eigenvalue weighted by Gasteiger charge is -2.12. The maximum absolute atomic E-state index is 12.5. The molecular weight excluding hydrogens is 380 g/mol. The minimum Gasteiger partial charge on any atom is -0.490 e. The molecule has 7 nitrogen and oxygen atoms in total. The summed E-state index contributed by atoms with van der Waals surface area (Å²) >= 11 is 0. The number of fused-ring (bicyclic) bond motifs is 1. The summed E-state index contributed by atoms with van der Waals surface area (Å²) in [6.45, 7) is 1.43. The fraction of sp³-hybridized carbons (Fsp3) is 0.588. The summed E-state index contributed by atoms with van der Waals surface area (Å²) in [5.74, 6) is 0.915.